The summed E-state index contributed by atoms with van der Waals surface area (Å²) in [5.74, 6) is 0. The van der Waals surface area contributed by atoms with Crippen LogP contribution in [0.2, 0.25) is 0 Å². The van der Waals surface area contributed by atoms with Crippen molar-refractivity contribution in [1.29, 1.82) is 0 Å². The zero-order valence-electron chi connectivity index (χ0n) is 10.2. The van der Waals surface area contributed by atoms with Gasteiger partial charge >= 0.3 is 0 Å². The average molecular weight is 234 g/mol. The number of ether oxygens (including phenoxy) is 1. The summed E-state index contributed by atoms with van der Waals surface area (Å²) in [4.78, 5) is 0. The Labute approximate surface area is 98.7 Å². The summed E-state index contributed by atoms with van der Waals surface area (Å²) < 4.78 is 5.88. The molecule has 1 N–H and O–H groups in total. The molecule has 1 fully saturated rings. The molecule has 0 aromatic carbocycles. The summed E-state index contributed by atoms with van der Waals surface area (Å²) in [6.07, 6.45) is 4.96. The fourth-order valence-corrected chi connectivity index (χ4v) is 2.36. The molecule has 0 amide bonds. The summed E-state index contributed by atoms with van der Waals surface area (Å²) in [6.45, 7) is 8.33. The van der Waals surface area contributed by atoms with Crippen LogP contribution in [-0.2, 0) is 4.74 Å². The molecule has 0 bridgehead atoms. The molecule has 3 heteroatoms. The van der Waals surface area contributed by atoms with Crippen LogP contribution in [0.4, 0.5) is 0 Å². The summed E-state index contributed by atoms with van der Waals surface area (Å²) in [5.41, 5.74) is 0.0795. The van der Waals surface area contributed by atoms with Crippen molar-refractivity contribution in [3.63, 3.8) is 0 Å². The quantitative estimate of drug-likeness (QED) is 0.713. The highest BCUT2D eigenvalue weighted by atomic mass is 35.5. The van der Waals surface area contributed by atoms with Gasteiger partial charge in [0.15, 0.2) is 0 Å². The van der Waals surface area contributed by atoms with Crippen LogP contribution in [0.3, 0.4) is 0 Å². The lowest BCUT2D eigenvalue weighted by Gasteiger charge is -2.20. The van der Waals surface area contributed by atoms with Gasteiger partial charge in [0.1, 0.15) is 0 Å². The van der Waals surface area contributed by atoms with Crippen molar-refractivity contribution < 1.29 is 4.74 Å². The van der Waals surface area contributed by atoms with E-state index < -0.39 is 0 Å². The maximum Gasteiger partial charge on any atom is 0.0707 e. The maximum absolute atomic E-state index is 6.12. The Bertz CT molecular complexity index is 184. The van der Waals surface area contributed by atoms with E-state index in [-0.39, 0.29) is 11.0 Å². The first-order valence-electron chi connectivity index (χ1n) is 6.06. The summed E-state index contributed by atoms with van der Waals surface area (Å²) in [6, 6.07) is 0. The van der Waals surface area contributed by atoms with Gasteiger partial charge in [0, 0.05) is 18.5 Å². The molecule has 2 nitrogen and oxygen atoms in total. The van der Waals surface area contributed by atoms with E-state index in [1.807, 2.05) is 0 Å². The van der Waals surface area contributed by atoms with Crippen LogP contribution >= 0.6 is 11.6 Å². The molecular formula is C12H24ClNO. The second-order valence-electron chi connectivity index (χ2n) is 5.08. The molecular weight excluding hydrogens is 210 g/mol. The van der Waals surface area contributed by atoms with Crippen molar-refractivity contribution in [3.8, 4) is 0 Å². The third-order valence-corrected chi connectivity index (χ3v) is 3.27. The third kappa shape index (κ3) is 5.19. The van der Waals surface area contributed by atoms with Crippen LogP contribution in [0, 0.1) is 0 Å². The van der Waals surface area contributed by atoms with Gasteiger partial charge in [0.2, 0.25) is 0 Å². The lowest BCUT2D eigenvalue weighted by atomic mass is 10.1. The maximum atomic E-state index is 6.12. The fourth-order valence-electron chi connectivity index (χ4n) is 2.04. The molecule has 1 heterocycles. The lowest BCUT2D eigenvalue weighted by molar-refractivity contribution is -0.0141. The molecule has 0 saturated carbocycles. The molecule has 0 aromatic rings. The van der Waals surface area contributed by atoms with Gasteiger partial charge in [-0.2, -0.15) is 0 Å². The van der Waals surface area contributed by atoms with Crippen molar-refractivity contribution in [2.24, 2.45) is 0 Å². The minimum Gasteiger partial charge on any atom is -0.371 e. The molecule has 90 valence electrons. The van der Waals surface area contributed by atoms with Crippen molar-refractivity contribution in [1.82, 2.24) is 5.32 Å². The SMILES string of the molecule is CCCC(Cl)CNCC1CCC(C)(C)O1. The third-order valence-electron chi connectivity index (χ3n) is 2.89. The molecule has 1 saturated heterocycles. The van der Waals surface area contributed by atoms with Crippen LogP contribution in [0.15, 0.2) is 0 Å². The predicted molar refractivity (Wildman–Crippen MR) is 65.6 cm³/mol. The van der Waals surface area contributed by atoms with Crippen molar-refractivity contribution in [3.05, 3.63) is 0 Å². The Morgan fingerprint density at radius 2 is 2.27 bits per heavy atom. The van der Waals surface area contributed by atoms with Crippen molar-refractivity contribution >= 4 is 11.6 Å². The van der Waals surface area contributed by atoms with E-state index in [0.29, 0.717) is 6.10 Å². The normalized spacial score (nSPS) is 26.8. The van der Waals surface area contributed by atoms with Gasteiger partial charge in [0.05, 0.1) is 11.7 Å². The number of alkyl halides is 1. The van der Waals surface area contributed by atoms with Gasteiger partial charge in [-0.25, -0.2) is 0 Å². The highest BCUT2D eigenvalue weighted by Gasteiger charge is 2.31. The predicted octanol–water partition coefficient (Wildman–Crippen LogP) is 2.94. The van der Waals surface area contributed by atoms with Gasteiger partial charge in [-0.3, -0.25) is 0 Å². The van der Waals surface area contributed by atoms with E-state index in [1.54, 1.807) is 0 Å². The summed E-state index contributed by atoms with van der Waals surface area (Å²) in [7, 11) is 0. The van der Waals surface area contributed by atoms with Crippen molar-refractivity contribution in [2.45, 2.75) is 63.5 Å². The number of hydrogen-bond donors (Lipinski definition) is 1. The molecule has 1 aliphatic rings. The smallest absolute Gasteiger partial charge is 0.0707 e. The van der Waals surface area contributed by atoms with Crippen LogP contribution < -0.4 is 5.32 Å². The molecule has 0 radical (unpaired) electrons. The van der Waals surface area contributed by atoms with E-state index in [1.165, 1.54) is 12.8 Å². The topological polar surface area (TPSA) is 21.3 Å². The minimum absolute atomic E-state index is 0.0795. The van der Waals surface area contributed by atoms with E-state index in [9.17, 15) is 0 Å². The first-order valence-corrected chi connectivity index (χ1v) is 6.50. The molecule has 2 unspecified atom stereocenters. The number of hydrogen-bond acceptors (Lipinski definition) is 2. The Morgan fingerprint density at radius 3 is 2.80 bits per heavy atom. The van der Waals surface area contributed by atoms with Crippen LogP contribution in [0.1, 0.15) is 46.5 Å². The fraction of sp³-hybridized carbons (Fsp3) is 1.00. The highest BCUT2D eigenvalue weighted by molar-refractivity contribution is 6.20. The van der Waals surface area contributed by atoms with Gasteiger partial charge < -0.3 is 10.1 Å². The van der Waals surface area contributed by atoms with Crippen molar-refractivity contribution in [2.75, 3.05) is 13.1 Å². The molecule has 0 aromatic heterocycles. The lowest BCUT2D eigenvalue weighted by Crippen LogP contribution is -2.32. The Balaban J connectivity index is 2.06. The number of nitrogens with one attached hydrogen (secondary N) is 1. The first kappa shape index (κ1) is 13.3. The highest BCUT2D eigenvalue weighted by Crippen LogP contribution is 2.28. The van der Waals surface area contributed by atoms with E-state index in [2.05, 4.69) is 26.1 Å². The summed E-state index contributed by atoms with van der Waals surface area (Å²) in [5, 5.41) is 3.66. The first-order chi connectivity index (χ1) is 7.03. The Hall–Kier alpha value is 0.210. The molecule has 1 aliphatic heterocycles. The molecule has 15 heavy (non-hydrogen) atoms. The molecule has 1 rings (SSSR count). The van der Waals surface area contributed by atoms with Gasteiger partial charge in [-0.05, 0) is 33.1 Å². The van der Waals surface area contributed by atoms with E-state index >= 15 is 0 Å². The minimum atomic E-state index is 0.0795. The molecule has 0 spiro atoms. The average Bonchev–Trinajstić information content (AvgIpc) is 2.46. The number of halogens is 1. The van der Waals surface area contributed by atoms with E-state index in [4.69, 9.17) is 16.3 Å². The second kappa shape index (κ2) is 6.07. The van der Waals surface area contributed by atoms with Crippen LogP contribution in [0.25, 0.3) is 0 Å². The van der Waals surface area contributed by atoms with E-state index in [0.717, 1.165) is 25.9 Å². The van der Waals surface area contributed by atoms with Crippen LogP contribution in [-0.4, -0.2) is 30.2 Å². The zero-order valence-corrected chi connectivity index (χ0v) is 10.9. The largest absolute Gasteiger partial charge is 0.371 e. The number of rotatable bonds is 6. The monoisotopic (exact) mass is 233 g/mol. The Kier molecular flexibility index (Phi) is 5.37. The van der Waals surface area contributed by atoms with Crippen LogP contribution in [0.5, 0.6) is 0 Å². The van der Waals surface area contributed by atoms with Gasteiger partial charge in [0.25, 0.3) is 0 Å². The summed E-state index contributed by atoms with van der Waals surface area (Å²) >= 11 is 6.12. The second-order valence-corrected chi connectivity index (χ2v) is 5.70. The van der Waals surface area contributed by atoms with Gasteiger partial charge in [-0.15, -0.1) is 11.6 Å². The van der Waals surface area contributed by atoms with Gasteiger partial charge in [-0.1, -0.05) is 13.3 Å². The Morgan fingerprint density at radius 1 is 1.53 bits per heavy atom. The molecule has 2 atom stereocenters. The zero-order chi connectivity index (χ0) is 11.3. The molecule has 0 aliphatic carbocycles. The standard InChI is InChI=1S/C12H24ClNO/c1-4-5-10(13)8-14-9-11-6-7-12(2,3)15-11/h10-11,14H,4-9H2,1-3H3.